The quantitative estimate of drug-likeness (QED) is 0.590. The first kappa shape index (κ1) is 16.0. The van der Waals surface area contributed by atoms with Gasteiger partial charge >= 0.3 is 0 Å². The van der Waals surface area contributed by atoms with Gasteiger partial charge < -0.3 is 9.88 Å². The van der Waals surface area contributed by atoms with Crippen molar-refractivity contribution in [2.24, 2.45) is 14.1 Å². The molecular formula is C19H22N8. The molecule has 27 heavy (non-hydrogen) atoms. The van der Waals surface area contributed by atoms with Crippen molar-refractivity contribution in [3.05, 3.63) is 41.7 Å². The van der Waals surface area contributed by atoms with E-state index >= 15 is 0 Å². The Morgan fingerprint density at radius 3 is 2.74 bits per heavy atom. The van der Waals surface area contributed by atoms with Gasteiger partial charge in [-0.25, -0.2) is 0 Å². The van der Waals surface area contributed by atoms with Crippen molar-refractivity contribution in [3.8, 4) is 11.5 Å². The smallest absolute Gasteiger partial charge is 0.227 e. The van der Waals surface area contributed by atoms with Gasteiger partial charge in [0.15, 0.2) is 5.82 Å². The van der Waals surface area contributed by atoms with Gasteiger partial charge in [-0.05, 0) is 37.5 Å². The molecule has 0 radical (unpaired) electrons. The molecule has 3 aromatic heterocycles. The predicted molar refractivity (Wildman–Crippen MR) is 103 cm³/mol. The van der Waals surface area contributed by atoms with Crippen LogP contribution in [0.5, 0.6) is 0 Å². The number of rotatable bonds is 5. The second-order valence-corrected chi connectivity index (χ2v) is 7.40. The van der Waals surface area contributed by atoms with Crippen LogP contribution in [0.2, 0.25) is 0 Å². The zero-order chi connectivity index (χ0) is 18.5. The molecule has 0 amide bonds. The van der Waals surface area contributed by atoms with E-state index < -0.39 is 0 Å². The summed E-state index contributed by atoms with van der Waals surface area (Å²) in [4.78, 5) is 5.76. The van der Waals surface area contributed by atoms with Crippen LogP contribution in [0, 0.1) is 6.92 Å². The van der Waals surface area contributed by atoms with Crippen molar-refractivity contribution in [1.82, 2.24) is 34.7 Å². The van der Waals surface area contributed by atoms with E-state index in [0.717, 1.165) is 28.7 Å². The fourth-order valence-corrected chi connectivity index (χ4v) is 3.56. The molecule has 0 aliphatic heterocycles. The number of fused-ring (bicyclic) bond motifs is 1. The number of aryl methyl sites for hydroxylation is 2. The Morgan fingerprint density at radius 2 is 2.00 bits per heavy atom. The Bertz CT molecular complexity index is 1110. The van der Waals surface area contributed by atoms with Gasteiger partial charge in [0, 0.05) is 37.2 Å². The Hall–Kier alpha value is -3.16. The Kier molecular flexibility index (Phi) is 3.53. The van der Waals surface area contributed by atoms with E-state index in [1.165, 1.54) is 23.8 Å². The van der Waals surface area contributed by atoms with Crippen LogP contribution in [0.4, 0.5) is 5.95 Å². The first-order valence-corrected chi connectivity index (χ1v) is 9.19. The average Bonchev–Trinajstić information content (AvgIpc) is 3.09. The Labute approximate surface area is 156 Å². The summed E-state index contributed by atoms with van der Waals surface area (Å²) in [5.74, 6) is 1.71. The van der Waals surface area contributed by atoms with E-state index in [1.54, 1.807) is 4.68 Å². The number of hydrogen-bond acceptors (Lipinski definition) is 5. The maximum Gasteiger partial charge on any atom is 0.227 e. The minimum absolute atomic E-state index is 0.494. The summed E-state index contributed by atoms with van der Waals surface area (Å²) in [6.45, 7) is 2.79. The highest BCUT2D eigenvalue weighted by Crippen LogP contribution is 2.33. The van der Waals surface area contributed by atoms with Crippen molar-refractivity contribution in [1.29, 1.82) is 0 Å². The van der Waals surface area contributed by atoms with Crippen LogP contribution in [0.25, 0.3) is 22.4 Å². The number of nitrogens with one attached hydrogen (secondary N) is 1. The number of hydrogen-bond donors (Lipinski definition) is 1. The third-order valence-electron chi connectivity index (χ3n) is 5.10. The van der Waals surface area contributed by atoms with Gasteiger partial charge in [-0.3, -0.25) is 9.25 Å². The van der Waals surface area contributed by atoms with Crippen molar-refractivity contribution in [3.63, 3.8) is 0 Å². The lowest BCUT2D eigenvalue weighted by Crippen LogP contribution is -2.28. The van der Waals surface area contributed by atoms with Crippen LogP contribution in [0.1, 0.15) is 24.1 Å². The number of nitrogens with zero attached hydrogens (tertiary/aromatic N) is 7. The average molecular weight is 362 g/mol. The SMILES string of the molecule is Cc1ccc2cc(-c3nnc(N(Cc4cn(C)nn4)C4CC4)n3C)[nH]c2c1. The van der Waals surface area contributed by atoms with E-state index in [2.05, 4.69) is 66.1 Å². The largest absolute Gasteiger partial charge is 0.352 e. The van der Waals surface area contributed by atoms with Crippen molar-refractivity contribution in [2.45, 2.75) is 32.4 Å². The second kappa shape index (κ2) is 5.94. The highest BCUT2D eigenvalue weighted by Gasteiger charge is 2.33. The predicted octanol–water partition coefficient (Wildman–Crippen LogP) is 2.57. The van der Waals surface area contributed by atoms with Gasteiger partial charge in [0.05, 0.1) is 12.2 Å². The molecular weight excluding hydrogens is 340 g/mol. The molecule has 4 aromatic rings. The lowest BCUT2D eigenvalue weighted by molar-refractivity contribution is 0.701. The Balaban J connectivity index is 1.50. The Morgan fingerprint density at radius 1 is 1.15 bits per heavy atom. The fourth-order valence-electron chi connectivity index (χ4n) is 3.56. The van der Waals surface area contributed by atoms with Gasteiger partial charge in [0.2, 0.25) is 5.95 Å². The fraction of sp³-hybridized carbons (Fsp3) is 0.368. The molecule has 1 N–H and O–H groups in total. The number of anilines is 1. The molecule has 5 rings (SSSR count). The first-order valence-electron chi connectivity index (χ1n) is 9.19. The molecule has 8 heteroatoms. The lowest BCUT2D eigenvalue weighted by atomic mass is 10.2. The highest BCUT2D eigenvalue weighted by molar-refractivity contribution is 5.85. The molecule has 0 unspecified atom stereocenters. The van der Waals surface area contributed by atoms with Crippen LogP contribution in [-0.2, 0) is 20.6 Å². The molecule has 8 nitrogen and oxygen atoms in total. The molecule has 1 aliphatic carbocycles. The number of H-pyrrole nitrogens is 1. The number of benzene rings is 1. The molecule has 0 atom stereocenters. The van der Waals surface area contributed by atoms with Crippen LogP contribution < -0.4 is 4.90 Å². The van der Waals surface area contributed by atoms with E-state index in [-0.39, 0.29) is 0 Å². The van der Waals surface area contributed by atoms with Crippen molar-refractivity contribution in [2.75, 3.05) is 4.90 Å². The standard InChI is InChI=1S/C19H22N8/c1-12-4-5-13-9-17(20-16(13)8-12)18-22-23-19(26(18)3)27(15-6-7-15)11-14-10-25(2)24-21-14/h4-5,8-10,15,20H,6-7,11H2,1-3H3. The highest BCUT2D eigenvalue weighted by atomic mass is 15.4. The van der Waals surface area contributed by atoms with Gasteiger partial charge in [-0.15, -0.1) is 15.3 Å². The molecule has 3 heterocycles. The summed E-state index contributed by atoms with van der Waals surface area (Å²) in [6, 6.07) is 9.03. The van der Waals surface area contributed by atoms with E-state index in [4.69, 9.17) is 0 Å². The topological polar surface area (TPSA) is 80.4 Å². The van der Waals surface area contributed by atoms with E-state index in [0.29, 0.717) is 12.6 Å². The van der Waals surface area contributed by atoms with E-state index in [1.807, 2.05) is 20.3 Å². The maximum atomic E-state index is 4.51. The summed E-state index contributed by atoms with van der Waals surface area (Å²) >= 11 is 0. The maximum absolute atomic E-state index is 4.51. The third-order valence-corrected chi connectivity index (χ3v) is 5.10. The normalized spacial score (nSPS) is 14.2. The molecule has 0 bridgehead atoms. The van der Waals surface area contributed by atoms with Gasteiger partial charge in [-0.2, -0.15) is 0 Å². The van der Waals surface area contributed by atoms with Crippen LogP contribution in [-0.4, -0.2) is 40.8 Å². The van der Waals surface area contributed by atoms with Crippen LogP contribution >= 0.6 is 0 Å². The molecule has 0 spiro atoms. The minimum Gasteiger partial charge on any atom is -0.352 e. The summed E-state index contributed by atoms with van der Waals surface area (Å²) < 4.78 is 3.79. The zero-order valence-electron chi connectivity index (χ0n) is 15.7. The van der Waals surface area contributed by atoms with E-state index in [9.17, 15) is 0 Å². The zero-order valence-corrected chi connectivity index (χ0v) is 15.7. The van der Waals surface area contributed by atoms with Gasteiger partial charge in [0.1, 0.15) is 5.69 Å². The molecule has 1 aromatic carbocycles. The van der Waals surface area contributed by atoms with Crippen molar-refractivity contribution < 1.29 is 0 Å². The first-order chi connectivity index (χ1) is 13.1. The summed E-state index contributed by atoms with van der Waals surface area (Å²) in [5, 5.41) is 18.4. The molecule has 1 saturated carbocycles. The minimum atomic E-state index is 0.494. The summed E-state index contributed by atoms with van der Waals surface area (Å²) in [5.41, 5.74) is 4.27. The molecule has 1 fully saturated rings. The van der Waals surface area contributed by atoms with Gasteiger partial charge in [0.25, 0.3) is 0 Å². The van der Waals surface area contributed by atoms with Crippen LogP contribution in [0.3, 0.4) is 0 Å². The molecule has 1 aliphatic rings. The number of aromatic nitrogens is 7. The lowest BCUT2D eigenvalue weighted by Gasteiger charge is -2.21. The molecule has 0 saturated heterocycles. The summed E-state index contributed by atoms with van der Waals surface area (Å²) in [7, 11) is 3.91. The number of aromatic amines is 1. The monoisotopic (exact) mass is 362 g/mol. The van der Waals surface area contributed by atoms with Crippen molar-refractivity contribution >= 4 is 16.9 Å². The van der Waals surface area contributed by atoms with Gasteiger partial charge in [-0.1, -0.05) is 17.3 Å². The third kappa shape index (κ3) is 2.87. The van der Waals surface area contributed by atoms with Crippen LogP contribution in [0.15, 0.2) is 30.5 Å². The summed E-state index contributed by atoms with van der Waals surface area (Å²) in [6.07, 6.45) is 4.30. The second-order valence-electron chi connectivity index (χ2n) is 7.40. The molecule has 138 valence electrons.